The fourth-order valence-electron chi connectivity index (χ4n) is 3.48. The van der Waals surface area contributed by atoms with E-state index in [1.54, 1.807) is 0 Å². The van der Waals surface area contributed by atoms with E-state index in [9.17, 15) is 10.1 Å². The first-order valence-electron chi connectivity index (χ1n) is 7.99. The highest BCUT2D eigenvalue weighted by Gasteiger charge is 2.39. The molecule has 0 radical (unpaired) electrons. The molecule has 0 bridgehead atoms. The Balaban J connectivity index is 1.98. The fraction of sp³-hybridized carbons (Fsp3) is 0.211. The van der Waals surface area contributed by atoms with Crippen LogP contribution in [0.15, 0.2) is 53.1 Å². The largest absolute Gasteiger partial charge is 0.444 e. The Labute approximate surface area is 149 Å². The molecule has 4 rings (SSSR count). The summed E-state index contributed by atoms with van der Waals surface area (Å²) in [7, 11) is 0. The molecule has 0 unspecified atom stereocenters. The van der Waals surface area contributed by atoms with E-state index in [-0.39, 0.29) is 22.4 Å². The van der Waals surface area contributed by atoms with Crippen molar-refractivity contribution in [3.8, 4) is 6.07 Å². The highest BCUT2D eigenvalue weighted by molar-refractivity contribution is 6.30. The molecule has 6 heteroatoms. The second-order valence-corrected chi connectivity index (χ2v) is 6.46. The number of halogens is 1. The Morgan fingerprint density at radius 1 is 1.32 bits per heavy atom. The number of Topliss-reactive ketones (excluding diaryl/α,β-unsaturated/α-hetero) is 1. The summed E-state index contributed by atoms with van der Waals surface area (Å²) in [5.41, 5.74) is 8.00. The molecule has 2 aliphatic rings. The number of ketones is 1. The van der Waals surface area contributed by atoms with E-state index < -0.39 is 5.92 Å². The number of aromatic nitrogens is 1. The maximum atomic E-state index is 12.6. The van der Waals surface area contributed by atoms with Gasteiger partial charge in [0.15, 0.2) is 5.78 Å². The lowest BCUT2D eigenvalue weighted by Gasteiger charge is -2.31. The zero-order valence-corrected chi connectivity index (χ0v) is 14.0. The lowest BCUT2D eigenvalue weighted by molar-refractivity contribution is -0.116. The van der Waals surface area contributed by atoms with Crippen molar-refractivity contribution in [1.29, 1.82) is 5.26 Å². The van der Waals surface area contributed by atoms with E-state index in [1.807, 2.05) is 30.3 Å². The number of para-hydroxylation sites is 1. The third-order valence-corrected chi connectivity index (χ3v) is 4.92. The van der Waals surface area contributed by atoms with Crippen LogP contribution in [0.25, 0.3) is 10.9 Å². The molecule has 5 nitrogen and oxygen atoms in total. The van der Waals surface area contributed by atoms with E-state index in [2.05, 4.69) is 11.1 Å². The van der Waals surface area contributed by atoms with E-state index in [4.69, 9.17) is 22.1 Å². The third-order valence-electron chi connectivity index (χ3n) is 4.62. The molecule has 0 fully saturated rings. The van der Waals surface area contributed by atoms with Crippen molar-refractivity contribution < 1.29 is 9.53 Å². The van der Waals surface area contributed by atoms with Crippen molar-refractivity contribution in [1.82, 2.24) is 4.98 Å². The average Bonchev–Trinajstić information content (AvgIpc) is 2.60. The maximum Gasteiger partial charge on any atom is 0.205 e. The lowest BCUT2D eigenvalue weighted by Crippen LogP contribution is -2.27. The van der Waals surface area contributed by atoms with Crippen LogP contribution in [-0.4, -0.2) is 10.8 Å². The van der Waals surface area contributed by atoms with Gasteiger partial charge in [-0.3, -0.25) is 4.79 Å². The summed E-state index contributed by atoms with van der Waals surface area (Å²) in [6.07, 6.45) is 1.76. The molecule has 2 heterocycles. The molecular formula is C19H14ClN3O2. The normalized spacial score (nSPS) is 20.3. The summed E-state index contributed by atoms with van der Waals surface area (Å²) in [4.78, 5) is 17.0. The zero-order valence-electron chi connectivity index (χ0n) is 13.3. The van der Waals surface area contributed by atoms with Gasteiger partial charge < -0.3 is 10.5 Å². The van der Waals surface area contributed by atoms with Crippen molar-refractivity contribution in [2.24, 2.45) is 5.73 Å². The lowest BCUT2D eigenvalue weighted by atomic mass is 9.78. The third kappa shape index (κ3) is 2.46. The summed E-state index contributed by atoms with van der Waals surface area (Å²) < 4.78 is 5.57. The first-order chi connectivity index (χ1) is 12.1. The van der Waals surface area contributed by atoms with Crippen LogP contribution in [0.5, 0.6) is 0 Å². The van der Waals surface area contributed by atoms with Gasteiger partial charge >= 0.3 is 0 Å². The summed E-state index contributed by atoms with van der Waals surface area (Å²) in [5.74, 6) is -0.0889. The number of carbonyl (C=O) groups is 1. The molecule has 0 saturated carbocycles. The second kappa shape index (κ2) is 5.91. The molecule has 1 atom stereocenters. The highest BCUT2D eigenvalue weighted by atomic mass is 35.5. The Kier molecular flexibility index (Phi) is 3.70. The number of rotatable bonds is 1. The van der Waals surface area contributed by atoms with Crippen LogP contribution in [0, 0.1) is 11.3 Å². The van der Waals surface area contributed by atoms with E-state index >= 15 is 0 Å². The number of nitrogens with zero attached hydrogens (tertiary/aromatic N) is 2. The van der Waals surface area contributed by atoms with Crippen molar-refractivity contribution >= 4 is 28.3 Å². The van der Waals surface area contributed by atoms with Crippen LogP contribution >= 0.6 is 11.6 Å². The van der Waals surface area contributed by atoms with Gasteiger partial charge in [-0.25, -0.2) is 4.98 Å². The van der Waals surface area contributed by atoms with Crippen LogP contribution < -0.4 is 5.73 Å². The summed E-state index contributed by atoms with van der Waals surface area (Å²) in [5, 5.41) is 10.8. The number of ether oxygens (including phenoxy) is 1. The smallest absolute Gasteiger partial charge is 0.205 e. The molecule has 1 aliphatic heterocycles. The molecule has 0 amide bonds. The molecule has 0 spiro atoms. The second-order valence-electron chi connectivity index (χ2n) is 6.10. The predicted octanol–water partition coefficient (Wildman–Crippen LogP) is 3.70. The first kappa shape index (κ1) is 15.7. The summed E-state index contributed by atoms with van der Waals surface area (Å²) >= 11 is 6.43. The Morgan fingerprint density at radius 2 is 2.12 bits per heavy atom. The van der Waals surface area contributed by atoms with Gasteiger partial charge in [-0.1, -0.05) is 29.8 Å². The molecule has 124 valence electrons. The minimum atomic E-state index is -0.633. The van der Waals surface area contributed by atoms with E-state index in [0.717, 1.165) is 10.9 Å². The van der Waals surface area contributed by atoms with Gasteiger partial charge in [0.25, 0.3) is 0 Å². The predicted molar refractivity (Wildman–Crippen MR) is 93.3 cm³/mol. The van der Waals surface area contributed by atoms with Gasteiger partial charge in [-0.15, -0.1) is 0 Å². The SMILES string of the molecule is N#CC1=C(N)OC2=C(C(=O)CCC2)[C@H]1c1cc2ccccc2nc1Cl. The number of pyridine rings is 1. The topological polar surface area (TPSA) is 89.0 Å². The molecule has 1 aliphatic carbocycles. The van der Waals surface area contributed by atoms with Gasteiger partial charge in [-0.2, -0.15) is 5.26 Å². The molecule has 2 aromatic rings. The van der Waals surface area contributed by atoms with Gasteiger partial charge in [0, 0.05) is 29.4 Å². The van der Waals surface area contributed by atoms with Crippen molar-refractivity contribution in [3.63, 3.8) is 0 Å². The highest BCUT2D eigenvalue weighted by Crippen LogP contribution is 2.45. The van der Waals surface area contributed by atoms with E-state index in [1.165, 1.54) is 0 Å². The fourth-order valence-corrected chi connectivity index (χ4v) is 3.73. The number of carbonyl (C=O) groups excluding carboxylic acids is 1. The number of fused-ring (bicyclic) bond motifs is 1. The number of hydrogen-bond donors (Lipinski definition) is 1. The maximum absolute atomic E-state index is 12.6. The van der Waals surface area contributed by atoms with Crippen LogP contribution in [0.4, 0.5) is 0 Å². The Morgan fingerprint density at radius 3 is 2.92 bits per heavy atom. The summed E-state index contributed by atoms with van der Waals surface area (Å²) in [6, 6.07) is 11.5. The van der Waals surface area contributed by atoms with Gasteiger partial charge in [0.05, 0.1) is 11.4 Å². The van der Waals surface area contributed by atoms with E-state index in [0.29, 0.717) is 36.2 Å². The molecule has 2 N–H and O–H groups in total. The number of nitrogens with two attached hydrogens (primary N) is 1. The first-order valence-corrected chi connectivity index (χ1v) is 8.37. The number of allylic oxidation sites excluding steroid dienone is 3. The van der Waals surface area contributed by atoms with Crippen LogP contribution in [0.1, 0.15) is 30.7 Å². The van der Waals surface area contributed by atoms with Crippen molar-refractivity contribution in [3.05, 3.63) is 63.8 Å². The van der Waals surface area contributed by atoms with Crippen LogP contribution in [-0.2, 0) is 9.53 Å². The van der Waals surface area contributed by atoms with Crippen molar-refractivity contribution in [2.75, 3.05) is 0 Å². The molecule has 1 aromatic heterocycles. The quantitative estimate of drug-likeness (QED) is 0.791. The van der Waals surface area contributed by atoms with Gasteiger partial charge in [0.1, 0.15) is 22.6 Å². The minimum absolute atomic E-state index is 0.0317. The van der Waals surface area contributed by atoms with Crippen LogP contribution in [0.2, 0.25) is 5.15 Å². The molecule has 1 aromatic carbocycles. The average molecular weight is 352 g/mol. The summed E-state index contributed by atoms with van der Waals surface area (Å²) in [6.45, 7) is 0. The number of nitriles is 1. The number of benzene rings is 1. The Bertz CT molecular complexity index is 1020. The molecule has 25 heavy (non-hydrogen) atoms. The van der Waals surface area contributed by atoms with Crippen LogP contribution in [0.3, 0.4) is 0 Å². The van der Waals surface area contributed by atoms with Gasteiger partial charge in [-0.05, 0) is 18.6 Å². The van der Waals surface area contributed by atoms with Crippen molar-refractivity contribution in [2.45, 2.75) is 25.2 Å². The number of hydrogen-bond acceptors (Lipinski definition) is 5. The zero-order chi connectivity index (χ0) is 17.6. The molecular weight excluding hydrogens is 338 g/mol. The standard InChI is InChI=1S/C19H14ClN3O2/c20-18-11(8-10-4-1-2-5-13(10)23-18)16-12(9-21)19(22)25-15-7-3-6-14(24)17(15)16/h1-2,4-5,8,16H,3,6-7,22H2/t16-/m0/s1. The van der Waals surface area contributed by atoms with Gasteiger partial charge in [0.2, 0.25) is 5.88 Å². The molecule has 0 saturated heterocycles. The monoisotopic (exact) mass is 351 g/mol. The Hall–Kier alpha value is -2.84. The minimum Gasteiger partial charge on any atom is -0.444 e.